The van der Waals surface area contributed by atoms with E-state index in [1.165, 1.54) is 12.1 Å². The number of benzene rings is 1. The molecule has 0 atom stereocenters. The van der Waals surface area contributed by atoms with Crippen molar-refractivity contribution < 1.29 is 4.39 Å². The molecule has 0 saturated carbocycles. The van der Waals surface area contributed by atoms with Crippen LogP contribution in [0, 0.1) is 5.82 Å². The summed E-state index contributed by atoms with van der Waals surface area (Å²) in [6.45, 7) is 0. The van der Waals surface area contributed by atoms with Crippen molar-refractivity contribution >= 4 is 47.8 Å². The van der Waals surface area contributed by atoms with Gasteiger partial charge in [0.25, 0.3) is 0 Å². The summed E-state index contributed by atoms with van der Waals surface area (Å²) in [7, 11) is 0. The first kappa shape index (κ1) is 12.1. The van der Waals surface area contributed by atoms with Gasteiger partial charge in [0.15, 0.2) is 5.82 Å². The van der Waals surface area contributed by atoms with Crippen molar-refractivity contribution in [2.24, 2.45) is 0 Å². The molecule has 2 nitrogen and oxygen atoms in total. The molecule has 0 N–H and O–H groups in total. The topological polar surface area (TPSA) is 25.8 Å². The van der Waals surface area contributed by atoms with Crippen LogP contribution >= 0.6 is 47.8 Å². The summed E-state index contributed by atoms with van der Waals surface area (Å²) in [6.07, 6.45) is 0. The molecule has 0 bridgehead atoms. The number of rotatable bonds is 1. The minimum atomic E-state index is -0.330. The van der Waals surface area contributed by atoms with Crippen molar-refractivity contribution in [2.45, 2.75) is 0 Å². The van der Waals surface area contributed by atoms with E-state index in [-0.39, 0.29) is 5.82 Å². The molecular formula is C10H4Br3FN2. The predicted molar refractivity (Wildman–Crippen MR) is 70.5 cm³/mol. The molecule has 6 heteroatoms. The van der Waals surface area contributed by atoms with E-state index in [4.69, 9.17) is 0 Å². The lowest BCUT2D eigenvalue weighted by Gasteiger charge is -2.03. The first-order chi connectivity index (χ1) is 7.54. The third kappa shape index (κ3) is 2.87. The first-order valence-electron chi connectivity index (χ1n) is 4.21. The third-order valence-electron chi connectivity index (χ3n) is 1.78. The van der Waals surface area contributed by atoms with Gasteiger partial charge in [-0.05, 0) is 50.1 Å². The van der Waals surface area contributed by atoms with E-state index < -0.39 is 0 Å². The lowest BCUT2D eigenvalue weighted by Crippen LogP contribution is -1.91. The average Bonchev–Trinajstić information content (AvgIpc) is 2.14. The van der Waals surface area contributed by atoms with Gasteiger partial charge in [-0.1, -0.05) is 15.9 Å². The summed E-state index contributed by atoms with van der Waals surface area (Å²) >= 11 is 9.75. The van der Waals surface area contributed by atoms with Gasteiger partial charge in [0, 0.05) is 16.1 Å². The van der Waals surface area contributed by atoms with Gasteiger partial charge >= 0.3 is 0 Å². The molecule has 0 radical (unpaired) electrons. The summed E-state index contributed by atoms with van der Waals surface area (Å²) in [5, 5.41) is 0. The smallest absolute Gasteiger partial charge is 0.161 e. The van der Waals surface area contributed by atoms with E-state index in [0.29, 0.717) is 25.1 Å². The standard InChI is InChI=1S/C10H4Br3FN2/c11-6-1-5(2-7(14)3-6)10-15-8(12)4-9(13)16-10/h1-4H. The summed E-state index contributed by atoms with van der Waals surface area (Å²) in [5.41, 5.74) is 0.619. The Bertz CT molecular complexity index is 456. The molecule has 1 aromatic heterocycles. The molecule has 0 saturated heterocycles. The molecule has 1 aromatic carbocycles. The van der Waals surface area contributed by atoms with Crippen LogP contribution in [0.1, 0.15) is 0 Å². The zero-order chi connectivity index (χ0) is 11.7. The molecule has 2 rings (SSSR count). The first-order valence-corrected chi connectivity index (χ1v) is 6.59. The fourth-order valence-electron chi connectivity index (χ4n) is 1.20. The van der Waals surface area contributed by atoms with Crippen LogP contribution in [0.3, 0.4) is 0 Å². The Balaban J connectivity index is 2.57. The second kappa shape index (κ2) is 4.89. The second-order valence-electron chi connectivity index (χ2n) is 3.00. The zero-order valence-electron chi connectivity index (χ0n) is 7.72. The molecule has 0 spiro atoms. The van der Waals surface area contributed by atoms with Crippen LogP contribution in [0.4, 0.5) is 4.39 Å². The molecule has 0 aliphatic carbocycles. The Kier molecular flexibility index (Phi) is 3.71. The van der Waals surface area contributed by atoms with Crippen molar-refractivity contribution in [3.8, 4) is 11.4 Å². The fourth-order valence-corrected chi connectivity index (χ4v) is 2.74. The average molecular weight is 411 g/mol. The quantitative estimate of drug-likeness (QED) is 0.643. The van der Waals surface area contributed by atoms with Crippen molar-refractivity contribution in [1.82, 2.24) is 9.97 Å². The Morgan fingerprint density at radius 3 is 2.06 bits per heavy atom. The number of halogens is 4. The lowest BCUT2D eigenvalue weighted by molar-refractivity contribution is 0.627. The monoisotopic (exact) mass is 408 g/mol. The van der Waals surface area contributed by atoms with Crippen LogP contribution in [0.25, 0.3) is 11.4 Å². The Morgan fingerprint density at radius 2 is 1.50 bits per heavy atom. The van der Waals surface area contributed by atoms with E-state index in [1.807, 2.05) is 0 Å². The summed E-state index contributed by atoms with van der Waals surface area (Å²) in [4.78, 5) is 8.35. The van der Waals surface area contributed by atoms with Gasteiger partial charge in [-0.3, -0.25) is 0 Å². The van der Waals surface area contributed by atoms with E-state index in [2.05, 4.69) is 57.8 Å². The molecule has 0 amide bonds. The zero-order valence-corrected chi connectivity index (χ0v) is 12.5. The van der Waals surface area contributed by atoms with E-state index >= 15 is 0 Å². The van der Waals surface area contributed by atoms with Crippen LogP contribution in [0.5, 0.6) is 0 Å². The molecule has 1 heterocycles. The van der Waals surface area contributed by atoms with Gasteiger partial charge in [0.2, 0.25) is 0 Å². The van der Waals surface area contributed by atoms with Crippen molar-refractivity contribution in [2.75, 3.05) is 0 Å². The van der Waals surface area contributed by atoms with Gasteiger partial charge in [-0.15, -0.1) is 0 Å². The van der Waals surface area contributed by atoms with E-state index in [1.54, 1.807) is 12.1 Å². The maximum Gasteiger partial charge on any atom is 0.161 e. The molecule has 16 heavy (non-hydrogen) atoms. The van der Waals surface area contributed by atoms with Gasteiger partial charge < -0.3 is 0 Å². The Morgan fingerprint density at radius 1 is 0.875 bits per heavy atom. The van der Waals surface area contributed by atoms with Crippen molar-refractivity contribution in [3.63, 3.8) is 0 Å². The van der Waals surface area contributed by atoms with E-state index in [9.17, 15) is 4.39 Å². The van der Waals surface area contributed by atoms with Crippen LogP contribution in [0.15, 0.2) is 37.9 Å². The predicted octanol–water partition coefficient (Wildman–Crippen LogP) is 4.57. The highest BCUT2D eigenvalue weighted by Crippen LogP contribution is 2.24. The third-order valence-corrected chi connectivity index (χ3v) is 3.05. The summed E-state index contributed by atoms with van der Waals surface area (Å²) in [5.74, 6) is 0.130. The van der Waals surface area contributed by atoms with Gasteiger partial charge in [-0.2, -0.15) is 0 Å². The Hall–Kier alpha value is -0.330. The number of aromatic nitrogens is 2. The fraction of sp³-hybridized carbons (Fsp3) is 0. The Labute approximate surface area is 117 Å². The second-order valence-corrected chi connectivity index (χ2v) is 5.54. The van der Waals surface area contributed by atoms with E-state index in [0.717, 1.165) is 0 Å². The SMILES string of the molecule is Fc1cc(Br)cc(-c2nc(Br)cc(Br)n2)c1. The van der Waals surface area contributed by atoms with Gasteiger partial charge in [0.1, 0.15) is 15.0 Å². The molecule has 82 valence electrons. The van der Waals surface area contributed by atoms with Crippen molar-refractivity contribution in [1.29, 1.82) is 0 Å². The number of nitrogens with zero attached hydrogens (tertiary/aromatic N) is 2. The van der Waals surface area contributed by atoms with Crippen molar-refractivity contribution in [3.05, 3.63) is 43.8 Å². The largest absolute Gasteiger partial charge is 0.221 e. The molecule has 0 aliphatic heterocycles. The van der Waals surface area contributed by atoms with Crippen LogP contribution in [-0.4, -0.2) is 9.97 Å². The highest BCUT2D eigenvalue weighted by molar-refractivity contribution is 9.11. The number of hydrogen-bond acceptors (Lipinski definition) is 2. The molecule has 0 aliphatic rings. The minimum Gasteiger partial charge on any atom is -0.221 e. The molecule has 2 aromatic rings. The molecule has 0 unspecified atom stereocenters. The summed E-state index contributed by atoms with van der Waals surface area (Å²) < 4.78 is 15.1. The van der Waals surface area contributed by atoms with Crippen LogP contribution in [-0.2, 0) is 0 Å². The highest BCUT2D eigenvalue weighted by atomic mass is 79.9. The number of hydrogen-bond donors (Lipinski definition) is 0. The van der Waals surface area contributed by atoms with Gasteiger partial charge in [0.05, 0.1) is 0 Å². The highest BCUT2D eigenvalue weighted by Gasteiger charge is 2.07. The normalized spacial score (nSPS) is 10.5. The maximum absolute atomic E-state index is 13.2. The maximum atomic E-state index is 13.2. The molecule has 0 fully saturated rings. The van der Waals surface area contributed by atoms with Gasteiger partial charge in [-0.25, -0.2) is 14.4 Å². The molecular weight excluding hydrogens is 407 g/mol. The van der Waals surface area contributed by atoms with Crippen LogP contribution in [0.2, 0.25) is 0 Å². The lowest BCUT2D eigenvalue weighted by atomic mass is 10.2. The minimum absolute atomic E-state index is 0.330. The summed E-state index contributed by atoms with van der Waals surface area (Å²) in [6, 6.07) is 6.25. The van der Waals surface area contributed by atoms with Crippen LogP contribution < -0.4 is 0 Å².